The van der Waals surface area contributed by atoms with E-state index in [0.717, 1.165) is 0 Å². The molecule has 0 aromatic heterocycles. The van der Waals surface area contributed by atoms with Crippen LogP contribution in [0.3, 0.4) is 0 Å². The van der Waals surface area contributed by atoms with Gasteiger partial charge in [0, 0.05) is 6.42 Å². The van der Waals surface area contributed by atoms with Crippen molar-refractivity contribution in [3.8, 4) is 0 Å². The average Bonchev–Trinajstić information content (AvgIpc) is 2.78. The minimum atomic E-state index is -1.45. The van der Waals surface area contributed by atoms with Crippen LogP contribution in [0.5, 0.6) is 0 Å². The number of aliphatic carboxylic acids is 1. The largest absolute Gasteiger partial charge is 0.480 e. The minimum absolute atomic E-state index is 0.0810. The lowest BCUT2D eigenvalue weighted by molar-refractivity contribution is -0.144. The Balaban J connectivity index is 5.56. The van der Waals surface area contributed by atoms with E-state index >= 15 is 0 Å². The van der Waals surface area contributed by atoms with Crippen molar-refractivity contribution in [2.75, 3.05) is 6.54 Å². The Kier molecular flexibility index (Phi) is 14.9. The molecule has 0 aliphatic rings. The van der Waals surface area contributed by atoms with E-state index in [2.05, 4.69) is 16.0 Å². The molecule has 0 aliphatic carbocycles. The number of unbranched alkanes of at least 4 members (excludes halogenated alkanes) is 1. The molecule has 14 heteroatoms. The molecule has 0 heterocycles. The van der Waals surface area contributed by atoms with Gasteiger partial charge in [0.25, 0.3) is 0 Å². The second-order valence-corrected chi connectivity index (χ2v) is 8.40. The van der Waals surface area contributed by atoms with Crippen LogP contribution in [0.15, 0.2) is 0 Å². The zero-order valence-corrected chi connectivity index (χ0v) is 20.2. The van der Waals surface area contributed by atoms with E-state index in [9.17, 15) is 33.9 Å². The topological polar surface area (TPSA) is 263 Å². The van der Waals surface area contributed by atoms with Gasteiger partial charge >= 0.3 is 5.97 Å². The Bertz CT molecular complexity index is 762. The zero-order valence-electron chi connectivity index (χ0n) is 20.2. The molecule has 0 saturated heterocycles. The van der Waals surface area contributed by atoms with E-state index in [0.29, 0.717) is 25.8 Å². The van der Waals surface area contributed by atoms with Crippen molar-refractivity contribution in [3.63, 3.8) is 0 Å². The fraction of sp³-hybridized carbons (Fsp3) is 0.714. The van der Waals surface area contributed by atoms with Gasteiger partial charge < -0.3 is 44.0 Å². The highest BCUT2D eigenvalue weighted by Gasteiger charge is 2.32. The zero-order chi connectivity index (χ0) is 27.1. The first kappa shape index (κ1) is 31.7. The first-order chi connectivity index (χ1) is 16.3. The molecule has 0 aliphatic heterocycles. The van der Waals surface area contributed by atoms with Gasteiger partial charge in [-0.2, -0.15) is 0 Å². The molecule has 200 valence electrons. The number of rotatable bonds is 18. The summed E-state index contributed by atoms with van der Waals surface area (Å²) in [5.74, 6) is -5.59. The first-order valence-electron chi connectivity index (χ1n) is 11.5. The molecule has 0 radical (unpaired) electrons. The van der Waals surface area contributed by atoms with Crippen LogP contribution < -0.4 is 38.9 Å². The van der Waals surface area contributed by atoms with Gasteiger partial charge in [-0.3, -0.25) is 24.0 Å². The van der Waals surface area contributed by atoms with Crippen molar-refractivity contribution >= 4 is 35.5 Å². The summed E-state index contributed by atoms with van der Waals surface area (Å²) in [5, 5.41) is 16.6. The number of carboxylic acids is 1. The van der Waals surface area contributed by atoms with Crippen molar-refractivity contribution in [2.45, 2.75) is 83.0 Å². The second-order valence-electron chi connectivity index (χ2n) is 8.40. The number of carbonyl (C=O) groups excluding carboxylic acids is 5. The van der Waals surface area contributed by atoms with E-state index in [1.807, 2.05) is 0 Å². The maximum Gasteiger partial charge on any atom is 0.326 e. The first-order valence-corrected chi connectivity index (χ1v) is 11.5. The predicted molar refractivity (Wildman–Crippen MR) is 126 cm³/mol. The maximum atomic E-state index is 12.9. The SMILES string of the molecule is CCC(C)C(NC(=O)C(CCCCN)NC(=O)C(CC(N)=O)NC(=O)C(N)CCC(N)=O)C(=O)O. The normalized spacial score (nSPS) is 15.1. The molecule has 5 unspecified atom stereocenters. The Morgan fingerprint density at radius 3 is 1.89 bits per heavy atom. The Morgan fingerprint density at radius 1 is 0.829 bits per heavy atom. The smallest absolute Gasteiger partial charge is 0.326 e. The van der Waals surface area contributed by atoms with E-state index < -0.39 is 66.1 Å². The Labute approximate surface area is 204 Å². The molecular weight excluding hydrogens is 462 g/mol. The van der Waals surface area contributed by atoms with Crippen molar-refractivity contribution in [3.05, 3.63) is 0 Å². The lowest BCUT2D eigenvalue weighted by Gasteiger charge is -2.26. The van der Waals surface area contributed by atoms with Crippen molar-refractivity contribution in [1.82, 2.24) is 16.0 Å². The molecule has 0 aromatic rings. The van der Waals surface area contributed by atoms with Crippen molar-refractivity contribution in [2.24, 2.45) is 28.9 Å². The van der Waals surface area contributed by atoms with E-state index in [1.165, 1.54) is 0 Å². The quantitative estimate of drug-likeness (QED) is 0.0898. The number of hydrogen-bond acceptors (Lipinski definition) is 8. The van der Waals surface area contributed by atoms with Gasteiger partial charge in [0.15, 0.2) is 0 Å². The van der Waals surface area contributed by atoms with E-state index in [1.54, 1.807) is 13.8 Å². The van der Waals surface area contributed by atoms with Crippen LogP contribution in [0.2, 0.25) is 0 Å². The third-order valence-corrected chi connectivity index (χ3v) is 5.43. The van der Waals surface area contributed by atoms with Gasteiger partial charge in [0.2, 0.25) is 29.5 Å². The van der Waals surface area contributed by atoms with E-state index in [4.69, 9.17) is 22.9 Å². The Morgan fingerprint density at radius 2 is 1.40 bits per heavy atom. The lowest BCUT2D eigenvalue weighted by Crippen LogP contribution is -2.58. The molecular formula is C21H39N7O7. The highest BCUT2D eigenvalue weighted by atomic mass is 16.4. The average molecular weight is 502 g/mol. The second kappa shape index (κ2) is 16.4. The van der Waals surface area contributed by atoms with Gasteiger partial charge in [-0.15, -0.1) is 0 Å². The molecule has 5 amide bonds. The molecule has 12 N–H and O–H groups in total. The highest BCUT2D eigenvalue weighted by molar-refractivity contribution is 5.96. The number of carbonyl (C=O) groups is 6. The van der Waals surface area contributed by atoms with Crippen LogP contribution in [0.25, 0.3) is 0 Å². The molecule has 0 bridgehead atoms. The minimum Gasteiger partial charge on any atom is -0.480 e. The van der Waals surface area contributed by atoms with Gasteiger partial charge in [0.1, 0.15) is 18.1 Å². The third kappa shape index (κ3) is 12.7. The summed E-state index contributed by atoms with van der Waals surface area (Å²) < 4.78 is 0. The Hall–Kier alpha value is -3.26. The fourth-order valence-corrected chi connectivity index (χ4v) is 3.09. The summed E-state index contributed by atoms with van der Waals surface area (Å²) in [6.45, 7) is 3.79. The third-order valence-electron chi connectivity index (χ3n) is 5.43. The van der Waals surface area contributed by atoms with Crippen molar-refractivity contribution < 1.29 is 33.9 Å². The summed E-state index contributed by atoms with van der Waals surface area (Å²) >= 11 is 0. The number of amides is 5. The summed E-state index contributed by atoms with van der Waals surface area (Å²) in [6, 6.07) is -4.96. The predicted octanol–water partition coefficient (Wildman–Crippen LogP) is -2.83. The van der Waals surface area contributed by atoms with Crippen LogP contribution in [0.1, 0.15) is 58.8 Å². The molecule has 0 rings (SSSR count). The molecule has 0 aromatic carbocycles. The summed E-state index contributed by atoms with van der Waals surface area (Å²) in [6.07, 6.45) is 0.793. The number of nitrogens with one attached hydrogen (secondary N) is 3. The van der Waals surface area contributed by atoms with Crippen LogP contribution in [-0.4, -0.2) is 71.3 Å². The van der Waals surface area contributed by atoms with Crippen molar-refractivity contribution in [1.29, 1.82) is 0 Å². The number of primary amides is 2. The summed E-state index contributed by atoms with van der Waals surface area (Å²) in [7, 11) is 0. The van der Waals surface area contributed by atoms with Gasteiger partial charge in [-0.25, -0.2) is 4.79 Å². The van der Waals surface area contributed by atoms with Gasteiger partial charge in [-0.1, -0.05) is 20.3 Å². The highest BCUT2D eigenvalue weighted by Crippen LogP contribution is 2.10. The fourth-order valence-electron chi connectivity index (χ4n) is 3.09. The van der Waals surface area contributed by atoms with Crippen LogP contribution in [0.4, 0.5) is 0 Å². The standard InChI is InChI=1S/C21H39N7O7/c1-3-11(2)17(21(34)35)28-19(32)13(6-4-5-9-22)26-20(33)14(10-16(25)30)27-18(31)12(23)7-8-15(24)29/h11-14,17H,3-10,22-23H2,1-2H3,(H2,24,29)(H2,25,30)(H,26,33)(H,27,31)(H,28,32)(H,34,35). The molecule has 14 nitrogen and oxygen atoms in total. The monoisotopic (exact) mass is 501 g/mol. The number of hydrogen-bond donors (Lipinski definition) is 8. The maximum absolute atomic E-state index is 12.9. The van der Waals surface area contributed by atoms with Crippen LogP contribution in [-0.2, 0) is 28.8 Å². The summed E-state index contributed by atoms with van der Waals surface area (Å²) in [4.78, 5) is 72.1. The molecule has 0 fully saturated rings. The molecule has 0 spiro atoms. The van der Waals surface area contributed by atoms with Gasteiger partial charge in [0.05, 0.1) is 12.5 Å². The number of carboxylic acid groups (broad SMARTS) is 1. The van der Waals surface area contributed by atoms with Crippen LogP contribution >= 0.6 is 0 Å². The lowest BCUT2D eigenvalue weighted by atomic mass is 9.98. The summed E-state index contributed by atoms with van der Waals surface area (Å²) in [5.41, 5.74) is 21.4. The van der Waals surface area contributed by atoms with Crippen LogP contribution in [0, 0.1) is 5.92 Å². The number of nitrogens with two attached hydrogens (primary N) is 4. The van der Waals surface area contributed by atoms with Gasteiger partial charge in [-0.05, 0) is 38.1 Å². The molecule has 5 atom stereocenters. The molecule has 35 heavy (non-hydrogen) atoms. The molecule has 0 saturated carbocycles. The van der Waals surface area contributed by atoms with E-state index in [-0.39, 0.29) is 25.2 Å².